The van der Waals surface area contributed by atoms with Gasteiger partial charge in [-0.2, -0.15) is 5.10 Å². The summed E-state index contributed by atoms with van der Waals surface area (Å²) < 4.78 is 7.15. The van der Waals surface area contributed by atoms with E-state index in [-0.39, 0.29) is 5.91 Å². The molecular formula is C20H24N6O2. The molecule has 1 saturated heterocycles. The third-order valence-corrected chi connectivity index (χ3v) is 5.01. The second-order valence-corrected chi connectivity index (χ2v) is 6.81. The largest absolute Gasteiger partial charge is 0.378 e. The summed E-state index contributed by atoms with van der Waals surface area (Å²) in [6.07, 6.45) is 7.11. The number of likely N-dealkylation sites (N-methyl/N-ethyl adjacent to an activating group) is 1. The maximum Gasteiger partial charge on any atom is 0.246 e. The van der Waals surface area contributed by atoms with Crippen molar-refractivity contribution in [3.05, 3.63) is 48.5 Å². The second-order valence-electron chi connectivity index (χ2n) is 6.81. The monoisotopic (exact) mass is 380 g/mol. The van der Waals surface area contributed by atoms with E-state index in [1.165, 1.54) is 0 Å². The summed E-state index contributed by atoms with van der Waals surface area (Å²) in [6, 6.07) is 5.51. The molecule has 3 heterocycles. The molecule has 8 nitrogen and oxygen atoms in total. The van der Waals surface area contributed by atoms with Crippen molar-refractivity contribution in [1.29, 1.82) is 0 Å². The number of hydrogen-bond donors (Lipinski definition) is 2. The van der Waals surface area contributed by atoms with Gasteiger partial charge in [-0.15, -0.1) is 0 Å². The Morgan fingerprint density at radius 1 is 1.18 bits per heavy atom. The Hall–Kier alpha value is -2.97. The van der Waals surface area contributed by atoms with Crippen LogP contribution in [0.1, 0.15) is 11.6 Å². The van der Waals surface area contributed by atoms with Crippen LogP contribution in [0.2, 0.25) is 0 Å². The molecule has 3 aromatic rings. The van der Waals surface area contributed by atoms with Gasteiger partial charge in [-0.05, 0) is 25.2 Å². The molecule has 1 atom stereocenters. The standard InChI is InChI=1S/C20H24N6O2/c1-21-19(14-11-23-25(2)13-14)20(27)24-17-3-4-18(26-7-9-28-10-8-26)15-5-6-22-12-16(15)17/h3-6,11-13,19,21H,7-10H2,1-2H3,(H,24,27). The van der Waals surface area contributed by atoms with E-state index in [1.807, 2.05) is 25.4 Å². The Balaban J connectivity index is 1.64. The van der Waals surface area contributed by atoms with Crippen LogP contribution in [-0.2, 0) is 16.6 Å². The van der Waals surface area contributed by atoms with Crippen molar-refractivity contribution in [2.24, 2.45) is 7.05 Å². The zero-order valence-electron chi connectivity index (χ0n) is 16.1. The van der Waals surface area contributed by atoms with Gasteiger partial charge in [-0.25, -0.2) is 0 Å². The summed E-state index contributed by atoms with van der Waals surface area (Å²) >= 11 is 0. The fourth-order valence-electron chi connectivity index (χ4n) is 3.61. The number of aryl methyl sites for hydroxylation is 1. The first-order chi connectivity index (χ1) is 13.7. The van der Waals surface area contributed by atoms with Gasteiger partial charge in [0.1, 0.15) is 6.04 Å². The molecule has 0 saturated carbocycles. The number of fused-ring (bicyclic) bond motifs is 1. The molecule has 0 bridgehead atoms. The van der Waals surface area contributed by atoms with E-state index in [4.69, 9.17) is 4.74 Å². The number of pyridine rings is 1. The number of ether oxygens (including phenoxy) is 1. The van der Waals surface area contributed by atoms with E-state index in [2.05, 4.69) is 31.7 Å². The van der Waals surface area contributed by atoms with Gasteiger partial charge >= 0.3 is 0 Å². The Bertz CT molecular complexity index is 980. The SMILES string of the molecule is CNC(C(=O)Nc1ccc(N2CCOCC2)c2ccncc12)c1cnn(C)c1. The molecule has 4 rings (SSSR count). The van der Waals surface area contributed by atoms with E-state index in [0.29, 0.717) is 0 Å². The smallest absolute Gasteiger partial charge is 0.246 e. The van der Waals surface area contributed by atoms with Crippen LogP contribution in [0.5, 0.6) is 0 Å². The van der Waals surface area contributed by atoms with E-state index in [0.717, 1.165) is 54.0 Å². The van der Waals surface area contributed by atoms with E-state index >= 15 is 0 Å². The first-order valence-electron chi connectivity index (χ1n) is 9.33. The minimum atomic E-state index is -0.487. The van der Waals surface area contributed by atoms with Crippen molar-refractivity contribution in [1.82, 2.24) is 20.1 Å². The Morgan fingerprint density at radius 3 is 2.71 bits per heavy atom. The lowest BCUT2D eigenvalue weighted by atomic mass is 10.1. The molecule has 1 aliphatic heterocycles. The van der Waals surface area contributed by atoms with E-state index in [9.17, 15) is 4.79 Å². The van der Waals surface area contributed by atoms with Crippen LogP contribution in [0.4, 0.5) is 11.4 Å². The van der Waals surface area contributed by atoms with Crippen molar-refractivity contribution in [3.63, 3.8) is 0 Å². The average Bonchev–Trinajstić information content (AvgIpc) is 3.15. The fourth-order valence-corrected chi connectivity index (χ4v) is 3.61. The molecule has 28 heavy (non-hydrogen) atoms. The van der Waals surface area contributed by atoms with Gasteiger partial charge < -0.3 is 20.3 Å². The highest BCUT2D eigenvalue weighted by Crippen LogP contribution is 2.32. The van der Waals surface area contributed by atoms with Crippen molar-refractivity contribution in [2.75, 3.05) is 43.6 Å². The summed E-state index contributed by atoms with van der Waals surface area (Å²) in [5, 5.41) is 12.3. The Kier molecular flexibility index (Phi) is 5.23. The zero-order chi connectivity index (χ0) is 19.5. The molecule has 0 radical (unpaired) electrons. The van der Waals surface area contributed by atoms with E-state index in [1.54, 1.807) is 30.3 Å². The highest BCUT2D eigenvalue weighted by atomic mass is 16.5. The van der Waals surface area contributed by atoms with Crippen LogP contribution < -0.4 is 15.5 Å². The molecule has 0 spiro atoms. The lowest BCUT2D eigenvalue weighted by molar-refractivity contribution is -0.118. The number of benzene rings is 1. The molecule has 2 aromatic heterocycles. The van der Waals surface area contributed by atoms with Gasteiger partial charge in [0, 0.05) is 60.8 Å². The minimum Gasteiger partial charge on any atom is -0.378 e. The first kappa shape index (κ1) is 18.4. The number of nitrogens with one attached hydrogen (secondary N) is 2. The summed E-state index contributed by atoms with van der Waals surface area (Å²) in [7, 11) is 3.59. The topological polar surface area (TPSA) is 84.3 Å². The predicted molar refractivity (Wildman–Crippen MR) is 108 cm³/mol. The van der Waals surface area contributed by atoms with Gasteiger partial charge in [0.25, 0.3) is 0 Å². The molecule has 1 unspecified atom stereocenters. The van der Waals surface area contributed by atoms with Gasteiger partial charge in [0.15, 0.2) is 0 Å². The summed E-state index contributed by atoms with van der Waals surface area (Å²) in [4.78, 5) is 19.5. The van der Waals surface area contributed by atoms with E-state index < -0.39 is 6.04 Å². The van der Waals surface area contributed by atoms with Gasteiger partial charge in [0.05, 0.1) is 25.1 Å². The normalized spacial score (nSPS) is 15.6. The molecule has 0 aliphatic carbocycles. The maximum atomic E-state index is 12.9. The lowest BCUT2D eigenvalue weighted by Crippen LogP contribution is -2.36. The third-order valence-electron chi connectivity index (χ3n) is 5.01. The number of aromatic nitrogens is 3. The second kappa shape index (κ2) is 7.95. The van der Waals surface area contributed by atoms with Gasteiger partial charge in [0.2, 0.25) is 5.91 Å². The summed E-state index contributed by atoms with van der Waals surface area (Å²) in [5.41, 5.74) is 2.69. The number of carbonyl (C=O) groups excluding carboxylic acids is 1. The first-order valence-corrected chi connectivity index (χ1v) is 9.33. The molecule has 2 N–H and O–H groups in total. The summed E-state index contributed by atoms with van der Waals surface area (Å²) in [5.74, 6) is -0.139. The zero-order valence-corrected chi connectivity index (χ0v) is 16.1. The molecule has 1 fully saturated rings. The Labute approximate surface area is 163 Å². The Morgan fingerprint density at radius 2 is 2.00 bits per heavy atom. The number of nitrogens with zero attached hydrogens (tertiary/aromatic N) is 4. The maximum absolute atomic E-state index is 12.9. The molecule has 8 heteroatoms. The number of rotatable bonds is 5. The van der Waals surface area contributed by atoms with Crippen molar-refractivity contribution >= 4 is 28.1 Å². The van der Waals surface area contributed by atoms with Crippen LogP contribution in [0.15, 0.2) is 43.0 Å². The number of carbonyl (C=O) groups is 1. The predicted octanol–water partition coefficient (Wildman–Crippen LogP) is 1.70. The number of morpholine rings is 1. The van der Waals surface area contributed by atoms with Crippen LogP contribution in [-0.4, -0.2) is 54.0 Å². The quantitative estimate of drug-likeness (QED) is 0.701. The highest BCUT2D eigenvalue weighted by Gasteiger charge is 2.22. The number of hydrogen-bond acceptors (Lipinski definition) is 6. The number of anilines is 2. The highest BCUT2D eigenvalue weighted by molar-refractivity contribution is 6.07. The minimum absolute atomic E-state index is 0.139. The van der Waals surface area contributed by atoms with Gasteiger partial charge in [-0.3, -0.25) is 14.5 Å². The van der Waals surface area contributed by atoms with Gasteiger partial charge in [-0.1, -0.05) is 0 Å². The van der Waals surface area contributed by atoms with Crippen LogP contribution in [0, 0.1) is 0 Å². The molecule has 1 aromatic carbocycles. The lowest BCUT2D eigenvalue weighted by Gasteiger charge is -2.30. The van der Waals surface area contributed by atoms with Crippen LogP contribution >= 0.6 is 0 Å². The summed E-state index contributed by atoms with van der Waals surface area (Å²) in [6.45, 7) is 3.15. The van der Waals surface area contributed by atoms with Crippen molar-refractivity contribution < 1.29 is 9.53 Å². The molecular weight excluding hydrogens is 356 g/mol. The van der Waals surface area contributed by atoms with Crippen molar-refractivity contribution in [3.8, 4) is 0 Å². The number of amides is 1. The van der Waals surface area contributed by atoms with Crippen molar-refractivity contribution in [2.45, 2.75) is 6.04 Å². The molecule has 146 valence electrons. The van der Waals surface area contributed by atoms with Crippen LogP contribution in [0.25, 0.3) is 10.8 Å². The molecule has 1 amide bonds. The van der Waals surface area contributed by atoms with Crippen LogP contribution in [0.3, 0.4) is 0 Å². The fraction of sp³-hybridized carbons (Fsp3) is 0.350. The molecule has 1 aliphatic rings. The average molecular weight is 380 g/mol. The third kappa shape index (κ3) is 3.56.